The Hall–Kier alpha value is -1.94. The van der Waals surface area contributed by atoms with Crippen LogP contribution in [0, 0.1) is 11.8 Å². The molecule has 1 aromatic heterocycles. The Labute approximate surface area is 136 Å². The van der Waals surface area contributed by atoms with E-state index in [0.717, 1.165) is 42.1 Å². The molecule has 23 heavy (non-hydrogen) atoms. The molecule has 120 valence electrons. The third kappa shape index (κ3) is 2.61. The van der Waals surface area contributed by atoms with Crippen LogP contribution in [0.15, 0.2) is 36.5 Å². The van der Waals surface area contributed by atoms with Gasteiger partial charge in [-0.15, -0.1) is 0 Å². The summed E-state index contributed by atoms with van der Waals surface area (Å²) in [6.07, 6.45) is 5.51. The minimum absolute atomic E-state index is 0.0845. The lowest BCUT2D eigenvalue weighted by Gasteiger charge is -2.26. The number of aromatic nitrogens is 1. The maximum Gasteiger partial charge on any atom is 0.253 e. The molecule has 0 spiro atoms. The number of hydrogen-bond donors (Lipinski definition) is 1. The molecule has 2 saturated carbocycles. The highest BCUT2D eigenvalue weighted by Crippen LogP contribution is 2.45. The minimum Gasteiger partial charge on any atom is -0.393 e. The number of hydrogen-bond acceptors (Lipinski definition) is 3. The average molecular weight is 310 g/mol. The van der Waals surface area contributed by atoms with Crippen molar-refractivity contribution < 1.29 is 9.90 Å². The largest absolute Gasteiger partial charge is 0.393 e. The third-order valence-corrected chi connectivity index (χ3v) is 5.68. The predicted molar refractivity (Wildman–Crippen MR) is 89.1 cm³/mol. The summed E-state index contributed by atoms with van der Waals surface area (Å²) < 4.78 is 0. The van der Waals surface area contributed by atoms with Crippen LogP contribution in [-0.2, 0) is 0 Å². The molecule has 1 N–H and O–H groups in total. The Morgan fingerprint density at radius 2 is 1.91 bits per heavy atom. The smallest absolute Gasteiger partial charge is 0.253 e. The molecular formula is C19H22N2O2. The SMILES string of the molecule is CN(C(=O)c1ccc2ncccc2c1)C1C[C@H]2CC(O)C[C@H]2C1. The summed E-state index contributed by atoms with van der Waals surface area (Å²) in [6, 6.07) is 9.89. The lowest BCUT2D eigenvalue weighted by molar-refractivity contribution is 0.0722. The zero-order valence-electron chi connectivity index (χ0n) is 13.4. The molecule has 2 aliphatic carbocycles. The van der Waals surface area contributed by atoms with Gasteiger partial charge in [0.15, 0.2) is 0 Å². The van der Waals surface area contributed by atoms with Crippen LogP contribution in [0.4, 0.5) is 0 Å². The van der Waals surface area contributed by atoms with Crippen molar-refractivity contribution in [2.45, 2.75) is 37.8 Å². The van der Waals surface area contributed by atoms with E-state index in [9.17, 15) is 9.90 Å². The number of amides is 1. The van der Waals surface area contributed by atoms with Gasteiger partial charge in [0.05, 0.1) is 11.6 Å². The molecule has 4 heteroatoms. The van der Waals surface area contributed by atoms with Crippen molar-refractivity contribution in [1.82, 2.24) is 9.88 Å². The van der Waals surface area contributed by atoms with Gasteiger partial charge in [0.25, 0.3) is 5.91 Å². The first-order valence-corrected chi connectivity index (χ1v) is 8.42. The van der Waals surface area contributed by atoms with E-state index in [1.807, 2.05) is 42.3 Å². The van der Waals surface area contributed by atoms with Crippen molar-refractivity contribution >= 4 is 16.8 Å². The van der Waals surface area contributed by atoms with E-state index in [1.54, 1.807) is 6.20 Å². The Morgan fingerprint density at radius 3 is 2.65 bits per heavy atom. The van der Waals surface area contributed by atoms with Crippen LogP contribution in [-0.4, -0.2) is 40.1 Å². The molecule has 4 atom stereocenters. The van der Waals surface area contributed by atoms with Gasteiger partial charge >= 0.3 is 0 Å². The van der Waals surface area contributed by atoms with Crippen LogP contribution < -0.4 is 0 Å². The molecule has 0 radical (unpaired) electrons. The minimum atomic E-state index is -0.125. The van der Waals surface area contributed by atoms with Crippen molar-refractivity contribution in [3.8, 4) is 0 Å². The second-order valence-electron chi connectivity index (χ2n) is 7.10. The number of aliphatic hydroxyl groups excluding tert-OH is 1. The summed E-state index contributed by atoms with van der Waals surface area (Å²) in [5.74, 6) is 1.26. The van der Waals surface area contributed by atoms with Crippen LogP contribution in [0.25, 0.3) is 10.9 Å². The van der Waals surface area contributed by atoms with Gasteiger partial charge in [0.2, 0.25) is 0 Å². The Morgan fingerprint density at radius 1 is 1.17 bits per heavy atom. The molecule has 1 amide bonds. The topological polar surface area (TPSA) is 53.4 Å². The molecule has 0 bridgehead atoms. The first kappa shape index (κ1) is 14.6. The molecule has 0 saturated heterocycles. The normalized spacial score (nSPS) is 29.7. The molecule has 2 fully saturated rings. The van der Waals surface area contributed by atoms with Crippen molar-refractivity contribution in [3.05, 3.63) is 42.1 Å². The number of nitrogens with zero attached hydrogens (tertiary/aromatic N) is 2. The summed E-state index contributed by atoms with van der Waals surface area (Å²) in [5.41, 5.74) is 1.64. The highest BCUT2D eigenvalue weighted by molar-refractivity contribution is 5.98. The molecule has 2 aliphatic rings. The molecule has 2 unspecified atom stereocenters. The summed E-state index contributed by atoms with van der Waals surface area (Å²) in [7, 11) is 1.91. The fraction of sp³-hybridized carbons (Fsp3) is 0.474. The van der Waals surface area contributed by atoms with E-state index < -0.39 is 0 Å². The van der Waals surface area contributed by atoms with Crippen molar-refractivity contribution in [2.75, 3.05) is 7.05 Å². The van der Waals surface area contributed by atoms with Crippen LogP contribution in [0.3, 0.4) is 0 Å². The molecule has 4 rings (SSSR count). The lowest BCUT2D eigenvalue weighted by atomic mass is 10.0. The molecular weight excluding hydrogens is 288 g/mol. The van der Waals surface area contributed by atoms with E-state index in [-0.39, 0.29) is 12.0 Å². The van der Waals surface area contributed by atoms with Gasteiger partial charge in [-0.1, -0.05) is 6.07 Å². The maximum atomic E-state index is 12.8. The van der Waals surface area contributed by atoms with Crippen molar-refractivity contribution in [2.24, 2.45) is 11.8 Å². The predicted octanol–water partition coefficient (Wildman–Crippen LogP) is 2.86. The van der Waals surface area contributed by atoms with Gasteiger partial charge in [-0.25, -0.2) is 0 Å². The molecule has 0 aliphatic heterocycles. The number of fused-ring (bicyclic) bond motifs is 2. The lowest BCUT2D eigenvalue weighted by Crippen LogP contribution is -2.36. The Kier molecular flexibility index (Phi) is 3.57. The second kappa shape index (κ2) is 5.60. The second-order valence-corrected chi connectivity index (χ2v) is 7.10. The van der Waals surface area contributed by atoms with E-state index in [1.165, 1.54) is 0 Å². The average Bonchev–Trinajstić information content (AvgIpc) is 3.10. The van der Waals surface area contributed by atoms with Crippen molar-refractivity contribution in [1.29, 1.82) is 0 Å². The number of rotatable bonds is 2. The zero-order chi connectivity index (χ0) is 16.0. The van der Waals surface area contributed by atoms with Crippen molar-refractivity contribution in [3.63, 3.8) is 0 Å². The molecule has 1 aromatic carbocycles. The van der Waals surface area contributed by atoms with Crippen LogP contribution in [0.5, 0.6) is 0 Å². The first-order valence-electron chi connectivity index (χ1n) is 8.42. The summed E-state index contributed by atoms with van der Waals surface area (Å²) in [5, 5.41) is 10.8. The van der Waals surface area contributed by atoms with E-state index in [4.69, 9.17) is 0 Å². The first-order chi connectivity index (χ1) is 11.1. The Balaban J connectivity index is 1.51. The fourth-order valence-electron chi connectivity index (χ4n) is 4.45. The van der Waals surface area contributed by atoms with Gasteiger partial charge in [0.1, 0.15) is 0 Å². The standard InChI is InChI=1S/C19H22N2O2/c1-21(16-8-14-10-17(22)11-15(14)9-16)19(23)13-4-5-18-12(7-13)3-2-6-20-18/h2-7,14-17,22H,8-11H2,1H3/t14-,15+,16?,17?. The van der Waals surface area contributed by atoms with Gasteiger partial charge < -0.3 is 10.0 Å². The van der Waals surface area contributed by atoms with Crippen LogP contribution >= 0.6 is 0 Å². The fourth-order valence-corrected chi connectivity index (χ4v) is 4.45. The van der Waals surface area contributed by atoms with Gasteiger partial charge in [-0.3, -0.25) is 9.78 Å². The third-order valence-electron chi connectivity index (χ3n) is 5.68. The maximum absolute atomic E-state index is 12.8. The quantitative estimate of drug-likeness (QED) is 0.928. The zero-order valence-corrected chi connectivity index (χ0v) is 13.4. The van der Waals surface area contributed by atoms with Gasteiger partial charge in [-0.05, 0) is 61.8 Å². The number of aliphatic hydroxyl groups is 1. The Bertz CT molecular complexity index is 731. The molecule has 2 aromatic rings. The number of benzene rings is 1. The monoisotopic (exact) mass is 310 g/mol. The van der Waals surface area contributed by atoms with Gasteiger partial charge in [0, 0.05) is 30.2 Å². The molecule has 1 heterocycles. The number of pyridine rings is 1. The van der Waals surface area contributed by atoms with E-state index >= 15 is 0 Å². The highest BCUT2D eigenvalue weighted by Gasteiger charge is 2.43. The summed E-state index contributed by atoms with van der Waals surface area (Å²) in [4.78, 5) is 19.0. The summed E-state index contributed by atoms with van der Waals surface area (Å²) >= 11 is 0. The van der Waals surface area contributed by atoms with Gasteiger partial charge in [-0.2, -0.15) is 0 Å². The molecule has 4 nitrogen and oxygen atoms in total. The summed E-state index contributed by atoms with van der Waals surface area (Å²) in [6.45, 7) is 0. The van der Waals surface area contributed by atoms with Crippen LogP contribution in [0.2, 0.25) is 0 Å². The van der Waals surface area contributed by atoms with Crippen LogP contribution in [0.1, 0.15) is 36.0 Å². The van der Waals surface area contributed by atoms with E-state index in [0.29, 0.717) is 17.9 Å². The number of carbonyl (C=O) groups is 1. The number of carbonyl (C=O) groups excluding carboxylic acids is 1. The highest BCUT2D eigenvalue weighted by atomic mass is 16.3. The van der Waals surface area contributed by atoms with E-state index in [2.05, 4.69) is 4.98 Å².